The third-order valence-electron chi connectivity index (χ3n) is 5.11. The van der Waals surface area contributed by atoms with Gasteiger partial charge in [0.05, 0.1) is 10.6 Å². The molecule has 1 aliphatic heterocycles. The summed E-state index contributed by atoms with van der Waals surface area (Å²) in [4.78, 5) is 32.8. The molecule has 2 aromatic carbocycles. The van der Waals surface area contributed by atoms with Gasteiger partial charge in [0.25, 0.3) is 11.2 Å². The number of nitrogens with zero attached hydrogens (tertiary/aromatic N) is 3. The monoisotopic (exact) mass is 410 g/mol. The molecule has 1 aliphatic rings. The number of rotatable bonds is 4. The molecule has 2 heterocycles. The smallest absolute Gasteiger partial charge is 0.269 e. The number of non-ortho nitro benzene ring substituents is 1. The second kappa shape index (κ2) is 7.77. The van der Waals surface area contributed by atoms with Gasteiger partial charge in [-0.15, -0.1) is 0 Å². The van der Waals surface area contributed by atoms with Crippen molar-refractivity contribution in [2.75, 3.05) is 6.54 Å². The lowest BCUT2D eigenvalue weighted by molar-refractivity contribution is -0.384. The van der Waals surface area contributed by atoms with Crippen molar-refractivity contribution in [2.24, 2.45) is 0 Å². The van der Waals surface area contributed by atoms with Crippen LogP contribution >= 0.6 is 11.6 Å². The Bertz CT molecular complexity index is 1140. The van der Waals surface area contributed by atoms with Crippen LogP contribution in [-0.2, 0) is 19.5 Å². The lowest BCUT2D eigenvalue weighted by atomic mass is 10.0. The van der Waals surface area contributed by atoms with Crippen molar-refractivity contribution in [1.82, 2.24) is 14.9 Å². The van der Waals surface area contributed by atoms with Gasteiger partial charge in [-0.05, 0) is 25.0 Å². The van der Waals surface area contributed by atoms with E-state index in [4.69, 9.17) is 16.6 Å². The Morgan fingerprint density at radius 2 is 2.00 bits per heavy atom. The molecule has 0 fully saturated rings. The van der Waals surface area contributed by atoms with Crippen molar-refractivity contribution in [3.63, 3.8) is 0 Å². The topological polar surface area (TPSA) is 92.1 Å². The largest absolute Gasteiger partial charge is 0.306 e. The molecule has 3 aromatic rings. The van der Waals surface area contributed by atoms with Crippen LogP contribution in [0.3, 0.4) is 0 Å². The summed E-state index contributed by atoms with van der Waals surface area (Å²) in [6.07, 6.45) is 0.568. The summed E-state index contributed by atoms with van der Waals surface area (Å²) in [5, 5.41) is 11.5. The zero-order chi connectivity index (χ0) is 20.5. The van der Waals surface area contributed by atoms with Crippen LogP contribution in [0.2, 0.25) is 5.02 Å². The fraction of sp³-hybridized carbons (Fsp3) is 0.238. The highest BCUT2D eigenvalue weighted by Crippen LogP contribution is 2.26. The second-order valence-corrected chi connectivity index (χ2v) is 7.61. The number of halogens is 1. The predicted octanol–water partition coefficient (Wildman–Crippen LogP) is 3.87. The number of hydrogen-bond donors (Lipinski definition) is 1. The fourth-order valence-electron chi connectivity index (χ4n) is 3.51. The van der Waals surface area contributed by atoms with Crippen LogP contribution in [0.15, 0.2) is 47.3 Å². The maximum Gasteiger partial charge on any atom is 0.269 e. The minimum atomic E-state index is -0.430. The summed E-state index contributed by atoms with van der Waals surface area (Å²) in [6, 6.07) is 12.3. The van der Waals surface area contributed by atoms with Gasteiger partial charge >= 0.3 is 0 Å². The van der Waals surface area contributed by atoms with Gasteiger partial charge < -0.3 is 4.98 Å². The minimum Gasteiger partial charge on any atom is -0.306 e. The van der Waals surface area contributed by atoms with E-state index in [1.54, 1.807) is 6.07 Å². The Balaban J connectivity index is 1.61. The van der Waals surface area contributed by atoms with Gasteiger partial charge in [0.2, 0.25) is 0 Å². The van der Waals surface area contributed by atoms with Crippen molar-refractivity contribution in [3.05, 3.63) is 90.3 Å². The van der Waals surface area contributed by atoms with Crippen molar-refractivity contribution in [2.45, 2.75) is 26.4 Å². The van der Waals surface area contributed by atoms with Crippen molar-refractivity contribution >= 4 is 17.3 Å². The maximum absolute atomic E-state index is 12.6. The average molecular weight is 411 g/mol. The third kappa shape index (κ3) is 4.06. The molecule has 0 unspecified atom stereocenters. The number of H-pyrrole nitrogens is 1. The molecule has 0 atom stereocenters. The Hall–Kier alpha value is -3.03. The predicted molar refractivity (Wildman–Crippen MR) is 111 cm³/mol. The quantitative estimate of drug-likeness (QED) is 0.520. The van der Waals surface area contributed by atoms with Crippen LogP contribution in [0.1, 0.15) is 22.4 Å². The van der Waals surface area contributed by atoms with Gasteiger partial charge in [-0.25, -0.2) is 4.98 Å². The van der Waals surface area contributed by atoms with E-state index in [0.717, 1.165) is 16.8 Å². The highest BCUT2D eigenvalue weighted by atomic mass is 35.5. The Kier molecular flexibility index (Phi) is 5.17. The summed E-state index contributed by atoms with van der Waals surface area (Å²) in [7, 11) is 0. The van der Waals surface area contributed by atoms with Crippen molar-refractivity contribution < 1.29 is 4.92 Å². The van der Waals surface area contributed by atoms with E-state index < -0.39 is 4.92 Å². The van der Waals surface area contributed by atoms with E-state index in [1.165, 1.54) is 12.1 Å². The average Bonchev–Trinajstić information content (AvgIpc) is 2.69. The standard InChI is InChI=1S/C21H19ClN4O3/c1-13-2-4-14(5-3-13)20-23-19-12-25(9-8-17(19)21(27)24-20)11-15-10-16(26(28)29)6-7-18(15)22/h2-7,10H,8-9,11-12H2,1H3,(H,23,24,27). The molecule has 0 radical (unpaired) electrons. The number of fused-ring (bicyclic) bond motifs is 1. The maximum atomic E-state index is 12.6. The number of benzene rings is 2. The molecular weight excluding hydrogens is 392 g/mol. The highest BCUT2D eigenvalue weighted by Gasteiger charge is 2.22. The second-order valence-electron chi connectivity index (χ2n) is 7.20. The van der Waals surface area contributed by atoms with Crippen molar-refractivity contribution in [1.29, 1.82) is 0 Å². The molecule has 8 heteroatoms. The van der Waals surface area contributed by atoms with Gasteiger partial charge in [0, 0.05) is 47.9 Å². The number of aromatic amines is 1. The molecular formula is C21H19ClN4O3. The molecule has 0 bridgehead atoms. The first kappa shape index (κ1) is 19.3. The number of nitro benzene ring substituents is 1. The van der Waals surface area contributed by atoms with E-state index >= 15 is 0 Å². The molecule has 0 spiro atoms. The molecule has 148 valence electrons. The summed E-state index contributed by atoms with van der Waals surface area (Å²) < 4.78 is 0. The van der Waals surface area contributed by atoms with Gasteiger partial charge in [0.1, 0.15) is 5.82 Å². The molecule has 0 amide bonds. The first-order valence-electron chi connectivity index (χ1n) is 9.25. The molecule has 1 N–H and O–H groups in total. The molecule has 4 rings (SSSR count). The lowest BCUT2D eigenvalue weighted by Crippen LogP contribution is -2.35. The van der Waals surface area contributed by atoms with Gasteiger partial charge in [0.15, 0.2) is 0 Å². The van der Waals surface area contributed by atoms with E-state index in [2.05, 4.69) is 9.88 Å². The normalized spacial score (nSPS) is 13.9. The Morgan fingerprint density at radius 1 is 1.24 bits per heavy atom. The Labute approximate surface area is 172 Å². The van der Waals surface area contributed by atoms with Crippen molar-refractivity contribution in [3.8, 4) is 11.4 Å². The van der Waals surface area contributed by atoms with Gasteiger partial charge in [-0.3, -0.25) is 19.8 Å². The van der Waals surface area contributed by atoms with E-state index in [9.17, 15) is 14.9 Å². The van der Waals surface area contributed by atoms with Crippen LogP contribution in [0.4, 0.5) is 5.69 Å². The lowest BCUT2D eigenvalue weighted by Gasteiger charge is -2.28. The van der Waals surface area contributed by atoms with E-state index in [0.29, 0.717) is 48.0 Å². The number of aryl methyl sites for hydroxylation is 1. The zero-order valence-electron chi connectivity index (χ0n) is 15.8. The van der Waals surface area contributed by atoms with E-state index in [1.807, 2.05) is 31.2 Å². The minimum absolute atomic E-state index is 0.0121. The summed E-state index contributed by atoms with van der Waals surface area (Å²) >= 11 is 6.24. The summed E-state index contributed by atoms with van der Waals surface area (Å²) in [5.41, 5.74) is 4.01. The molecule has 0 aliphatic carbocycles. The van der Waals surface area contributed by atoms with Gasteiger partial charge in [-0.1, -0.05) is 41.4 Å². The third-order valence-corrected chi connectivity index (χ3v) is 5.48. The zero-order valence-corrected chi connectivity index (χ0v) is 16.6. The van der Waals surface area contributed by atoms with Crippen LogP contribution < -0.4 is 5.56 Å². The Morgan fingerprint density at radius 3 is 2.72 bits per heavy atom. The molecule has 1 aromatic heterocycles. The molecule has 0 saturated heterocycles. The fourth-order valence-corrected chi connectivity index (χ4v) is 3.69. The number of aromatic nitrogens is 2. The molecule has 0 saturated carbocycles. The number of nitrogens with one attached hydrogen (secondary N) is 1. The van der Waals surface area contributed by atoms with Crippen LogP contribution in [0.5, 0.6) is 0 Å². The van der Waals surface area contributed by atoms with E-state index in [-0.39, 0.29) is 11.2 Å². The molecule has 7 nitrogen and oxygen atoms in total. The molecule has 29 heavy (non-hydrogen) atoms. The summed E-state index contributed by atoms with van der Waals surface area (Å²) in [6.45, 7) is 3.59. The first-order chi connectivity index (χ1) is 13.9. The summed E-state index contributed by atoms with van der Waals surface area (Å²) in [5.74, 6) is 0.545. The van der Waals surface area contributed by atoms with Gasteiger partial charge in [-0.2, -0.15) is 0 Å². The first-order valence-corrected chi connectivity index (χ1v) is 9.63. The SMILES string of the molecule is Cc1ccc(-c2nc3c(c(=O)[nH]2)CCN(Cc2cc([N+](=O)[O-])ccc2Cl)C3)cc1. The van der Waals surface area contributed by atoms with Crippen LogP contribution in [-0.4, -0.2) is 26.3 Å². The number of nitro groups is 1. The number of hydrogen-bond acceptors (Lipinski definition) is 5. The van der Waals surface area contributed by atoms with Crippen LogP contribution in [0, 0.1) is 17.0 Å². The van der Waals surface area contributed by atoms with Crippen LogP contribution in [0.25, 0.3) is 11.4 Å². The highest BCUT2D eigenvalue weighted by molar-refractivity contribution is 6.31.